The predicted octanol–water partition coefficient (Wildman–Crippen LogP) is 1.99. The summed E-state index contributed by atoms with van der Waals surface area (Å²) in [5, 5.41) is 7.91. The Bertz CT molecular complexity index is 1320. The van der Waals surface area contributed by atoms with Crippen LogP contribution in [0.5, 0.6) is 0 Å². The van der Waals surface area contributed by atoms with Gasteiger partial charge in [0.2, 0.25) is 16.8 Å². The van der Waals surface area contributed by atoms with Gasteiger partial charge in [-0.2, -0.15) is 0 Å². The van der Waals surface area contributed by atoms with Crippen LogP contribution in [0.3, 0.4) is 0 Å². The zero-order chi connectivity index (χ0) is 22.6. The topological polar surface area (TPSA) is 114 Å². The maximum atomic E-state index is 11.0. The first-order chi connectivity index (χ1) is 16.2. The number of nitrogens with one attached hydrogen (secondary N) is 2. The number of hydrogen-bond acceptors (Lipinski definition) is 8. The lowest BCUT2D eigenvalue weighted by Gasteiger charge is -2.28. The van der Waals surface area contributed by atoms with Crippen LogP contribution in [-0.4, -0.2) is 54.3 Å². The summed E-state index contributed by atoms with van der Waals surface area (Å²) in [5.41, 5.74) is 5.24. The third kappa shape index (κ3) is 4.80. The molecule has 1 aliphatic heterocycles. The Morgan fingerprint density at radius 2 is 1.82 bits per heavy atom. The van der Waals surface area contributed by atoms with Crippen molar-refractivity contribution in [3.8, 4) is 11.3 Å². The fraction of sp³-hybridized carbons (Fsp3) is 0.227. The van der Waals surface area contributed by atoms with E-state index in [0.717, 1.165) is 60.0 Å². The molecule has 0 atom stereocenters. The van der Waals surface area contributed by atoms with Crippen molar-refractivity contribution in [2.45, 2.75) is 6.54 Å². The number of fused-ring (bicyclic) bond motifs is 1. The Morgan fingerprint density at radius 1 is 1.00 bits per heavy atom. The van der Waals surface area contributed by atoms with Crippen molar-refractivity contribution in [3.05, 3.63) is 66.6 Å². The van der Waals surface area contributed by atoms with Crippen LogP contribution in [0.1, 0.15) is 5.56 Å². The number of aromatic nitrogens is 4. The molecule has 0 aliphatic carbocycles. The fourth-order valence-electron chi connectivity index (χ4n) is 3.83. The summed E-state index contributed by atoms with van der Waals surface area (Å²) in [6.45, 7) is 3.45. The minimum Gasteiger partial charge on any atom is -0.378 e. The SMILES string of the molecule is O=[SH](=O)NCc1ccncc1-c1ccc2cnc(Nc3ccc(N4CCOCC4)cc3)nn12. The van der Waals surface area contributed by atoms with E-state index >= 15 is 0 Å². The van der Waals surface area contributed by atoms with Crippen LogP contribution in [0.4, 0.5) is 17.3 Å². The monoisotopic (exact) mass is 465 g/mol. The first-order valence-electron chi connectivity index (χ1n) is 10.5. The van der Waals surface area contributed by atoms with Gasteiger partial charge in [-0.15, -0.1) is 5.10 Å². The summed E-state index contributed by atoms with van der Waals surface area (Å²) >= 11 is 0. The van der Waals surface area contributed by atoms with Crippen molar-refractivity contribution in [2.24, 2.45) is 0 Å². The molecule has 1 fully saturated rings. The molecule has 5 rings (SSSR count). The van der Waals surface area contributed by atoms with E-state index < -0.39 is 10.9 Å². The molecule has 33 heavy (non-hydrogen) atoms. The lowest BCUT2D eigenvalue weighted by Crippen LogP contribution is -2.36. The van der Waals surface area contributed by atoms with Gasteiger partial charge in [0.15, 0.2) is 0 Å². The molecule has 10 nitrogen and oxygen atoms in total. The maximum Gasteiger partial charge on any atom is 0.245 e. The van der Waals surface area contributed by atoms with E-state index in [4.69, 9.17) is 4.74 Å². The summed E-state index contributed by atoms with van der Waals surface area (Å²) in [5.74, 6) is 0.449. The highest BCUT2D eigenvalue weighted by molar-refractivity contribution is 7.70. The molecule has 0 saturated carbocycles. The fourth-order valence-corrected chi connectivity index (χ4v) is 4.13. The number of benzene rings is 1. The zero-order valence-corrected chi connectivity index (χ0v) is 18.6. The van der Waals surface area contributed by atoms with E-state index in [1.54, 1.807) is 29.2 Å². The second-order valence-corrected chi connectivity index (χ2v) is 8.36. The molecule has 1 aromatic carbocycles. The van der Waals surface area contributed by atoms with Gasteiger partial charge in [0.1, 0.15) is 0 Å². The predicted molar refractivity (Wildman–Crippen MR) is 126 cm³/mol. The molecule has 4 aromatic rings. The minimum absolute atomic E-state index is 0.176. The van der Waals surface area contributed by atoms with Gasteiger partial charge in [-0.05, 0) is 48.0 Å². The number of ether oxygens (including phenoxy) is 1. The number of pyridine rings is 1. The molecule has 0 amide bonds. The molecule has 170 valence electrons. The first kappa shape index (κ1) is 21.3. The Hall–Kier alpha value is -3.54. The summed E-state index contributed by atoms with van der Waals surface area (Å²) < 4.78 is 31.6. The third-order valence-corrected chi connectivity index (χ3v) is 5.90. The van der Waals surface area contributed by atoms with E-state index in [9.17, 15) is 8.42 Å². The molecule has 2 N–H and O–H groups in total. The molecule has 0 radical (unpaired) electrons. The van der Waals surface area contributed by atoms with Crippen LogP contribution in [0, 0.1) is 0 Å². The van der Waals surface area contributed by atoms with Gasteiger partial charge in [0, 0.05) is 49.0 Å². The van der Waals surface area contributed by atoms with E-state index in [1.807, 2.05) is 24.3 Å². The second kappa shape index (κ2) is 9.53. The van der Waals surface area contributed by atoms with Crippen molar-refractivity contribution in [3.63, 3.8) is 0 Å². The molecule has 3 aromatic heterocycles. The molecular formula is C22H23N7O3S. The van der Waals surface area contributed by atoms with Crippen LogP contribution >= 0.6 is 0 Å². The van der Waals surface area contributed by atoms with Gasteiger partial charge in [-0.25, -0.2) is 22.6 Å². The van der Waals surface area contributed by atoms with Gasteiger partial charge >= 0.3 is 0 Å². The van der Waals surface area contributed by atoms with Crippen molar-refractivity contribution in [2.75, 3.05) is 36.5 Å². The normalized spacial score (nSPS) is 14.2. The van der Waals surface area contributed by atoms with Gasteiger partial charge in [0.25, 0.3) is 0 Å². The maximum absolute atomic E-state index is 11.0. The van der Waals surface area contributed by atoms with Gasteiger partial charge in [0.05, 0.1) is 30.6 Å². The quantitative estimate of drug-likeness (QED) is 0.355. The number of hydrogen-bond donors (Lipinski definition) is 3. The first-order valence-corrected chi connectivity index (χ1v) is 11.7. The standard InChI is InChI=1S/C22H23N7O3S/c30-33(31)25-13-16-7-8-23-15-20(16)21-6-5-19-14-24-22(27-29(19)21)26-17-1-3-18(4-2-17)28-9-11-32-12-10-28/h1-8,14-15,33H,9-13H2,(H,26,27)(H,25,30,31). The number of anilines is 3. The summed E-state index contributed by atoms with van der Waals surface area (Å²) in [6, 6.07) is 13.8. The van der Waals surface area contributed by atoms with Crippen LogP contribution < -0.4 is 14.9 Å². The van der Waals surface area contributed by atoms with E-state index in [0.29, 0.717) is 5.95 Å². The molecular weight excluding hydrogens is 442 g/mol. The highest BCUT2D eigenvalue weighted by Crippen LogP contribution is 2.26. The Labute approximate surface area is 192 Å². The van der Waals surface area contributed by atoms with E-state index in [1.165, 1.54) is 0 Å². The van der Waals surface area contributed by atoms with Gasteiger partial charge in [-0.1, -0.05) is 0 Å². The molecule has 4 heterocycles. The lowest BCUT2D eigenvalue weighted by molar-refractivity contribution is 0.122. The Morgan fingerprint density at radius 3 is 2.61 bits per heavy atom. The number of thiol groups is 1. The summed E-state index contributed by atoms with van der Waals surface area (Å²) in [4.78, 5) is 10.9. The third-order valence-electron chi connectivity index (χ3n) is 5.48. The molecule has 1 saturated heterocycles. The van der Waals surface area contributed by atoms with Gasteiger partial charge in [-0.3, -0.25) is 4.98 Å². The van der Waals surface area contributed by atoms with Crippen molar-refractivity contribution in [1.29, 1.82) is 0 Å². The van der Waals surface area contributed by atoms with Crippen molar-refractivity contribution < 1.29 is 13.2 Å². The molecule has 0 unspecified atom stereocenters. The number of nitrogens with zero attached hydrogens (tertiary/aromatic N) is 5. The largest absolute Gasteiger partial charge is 0.378 e. The Kier molecular flexibility index (Phi) is 6.15. The number of rotatable bonds is 7. The van der Waals surface area contributed by atoms with Gasteiger partial charge < -0.3 is 15.0 Å². The lowest BCUT2D eigenvalue weighted by atomic mass is 10.1. The summed E-state index contributed by atoms with van der Waals surface area (Å²) in [6.07, 6.45) is 5.08. The molecule has 11 heteroatoms. The van der Waals surface area contributed by atoms with Crippen LogP contribution in [-0.2, 0) is 22.2 Å². The molecule has 0 spiro atoms. The average molecular weight is 466 g/mol. The van der Waals surface area contributed by atoms with Crippen molar-refractivity contribution in [1.82, 2.24) is 24.3 Å². The molecule has 1 aliphatic rings. The second-order valence-electron chi connectivity index (χ2n) is 7.53. The smallest absolute Gasteiger partial charge is 0.245 e. The van der Waals surface area contributed by atoms with E-state index in [-0.39, 0.29) is 6.54 Å². The van der Waals surface area contributed by atoms with Crippen LogP contribution in [0.25, 0.3) is 16.8 Å². The van der Waals surface area contributed by atoms with Crippen molar-refractivity contribution >= 4 is 33.7 Å². The van der Waals surface area contributed by atoms with E-state index in [2.05, 4.69) is 42.1 Å². The minimum atomic E-state index is -2.69. The highest BCUT2D eigenvalue weighted by Gasteiger charge is 2.13. The number of morpholine rings is 1. The summed E-state index contributed by atoms with van der Waals surface area (Å²) in [7, 11) is -2.69. The van der Waals surface area contributed by atoms with Crippen LogP contribution in [0.15, 0.2) is 61.1 Å². The Balaban J connectivity index is 1.40. The van der Waals surface area contributed by atoms with Crippen LogP contribution in [0.2, 0.25) is 0 Å². The molecule has 0 bridgehead atoms. The zero-order valence-electron chi connectivity index (χ0n) is 17.7. The highest BCUT2D eigenvalue weighted by atomic mass is 32.2. The average Bonchev–Trinajstić information content (AvgIpc) is 3.27.